The maximum absolute atomic E-state index is 13.1. The minimum absolute atomic E-state index is 0.0868. The molecule has 4 rings (SSSR count). The summed E-state index contributed by atoms with van der Waals surface area (Å²) in [5.74, 6) is -0.0868. The zero-order valence-corrected chi connectivity index (χ0v) is 14.2. The lowest BCUT2D eigenvalue weighted by atomic mass is 9.62. The van der Waals surface area contributed by atoms with Crippen LogP contribution in [0.5, 0.6) is 0 Å². The van der Waals surface area contributed by atoms with E-state index < -0.39 is 5.54 Å². The number of likely N-dealkylation sites (N-methyl/N-ethyl adjacent to an activating group) is 1. The fourth-order valence-corrected chi connectivity index (χ4v) is 5.16. The van der Waals surface area contributed by atoms with E-state index in [9.17, 15) is 9.59 Å². The van der Waals surface area contributed by atoms with Crippen molar-refractivity contribution >= 4 is 27.9 Å². The maximum atomic E-state index is 13.1. The number of hydrogen-bond donors (Lipinski definition) is 1. The van der Waals surface area contributed by atoms with Crippen LogP contribution in [-0.4, -0.2) is 23.9 Å². The summed E-state index contributed by atoms with van der Waals surface area (Å²) >= 11 is 3.52. The molecule has 1 aliphatic heterocycles. The quantitative estimate of drug-likeness (QED) is 0.719. The molecule has 4 nitrogen and oxygen atoms in total. The number of urea groups is 1. The smallest absolute Gasteiger partial charge is 0.319 e. The van der Waals surface area contributed by atoms with Crippen LogP contribution in [0.25, 0.3) is 0 Å². The Hall–Kier alpha value is -1.36. The predicted molar refractivity (Wildman–Crippen MR) is 86.3 cm³/mol. The molecule has 1 aromatic carbocycles. The van der Waals surface area contributed by atoms with Crippen molar-refractivity contribution in [1.82, 2.24) is 10.2 Å². The van der Waals surface area contributed by atoms with Gasteiger partial charge in [0, 0.05) is 16.9 Å². The summed E-state index contributed by atoms with van der Waals surface area (Å²) in [5, 5.41) is 3.09. The molecule has 1 aromatic rings. The van der Waals surface area contributed by atoms with Gasteiger partial charge in [-0.1, -0.05) is 41.3 Å². The molecule has 0 bridgehead atoms. The van der Waals surface area contributed by atoms with Crippen LogP contribution >= 0.6 is 15.9 Å². The van der Waals surface area contributed by atoms with Gasteiger partial charge < -0.3 is 5.32 Å². The third kappa shape index (κ3) is 1.58. The Morgan fingerprint density at radius 3 is 2.55 bits per heavy atom. The summed E-state index contributed by atoms with van der Waals surface area (Å²) in [6, 6.07) is 5.88. The van der Waals surface area contributed by atoms with Gasteiger partial charge in [0.15, 0.2) is 5.54 Å². The van der Waals surface area contributed by atoms with E-state index in [2.05, 4.69) is 27.3 Å². The molecule has 3 aliphatic rings. The number of imide groups is 1. The monoisotopic (exact) mass is 362 g/mol. The number of amides is 3. The molecule has 1 saturated heterocycles. The lowest BCUT2D eigenvalue weighted by Crippen LogP contribution is -2.55. The SMILES string of the molecule is CN1C(=O)NC2(C1=O)c1cc(Br)ccc1CC21CCCCC1. The third-order valence-electron chi connectivity index (χ3n) is 5.84. The number of nitrogens with one attached hydrogen (secondary N) is 1. The molecule has 2 spiro atoms. The highest BCUT2D eigenvalue weighted by Crippen LogP contribution is 2.59. The Morgan fingerprint density at radius 1 is 1.18 bits per heavy atom. The van der Waals surface area contributed by atoms with Crippen LogP contribution in [0, 0.1) is 5.41 Å². The van der Waals surface area contributed by atoms with Crippen LogP contribution in [0.4, 0.5) is 4.79 Å². The van der Waals surface area contributed by atoms with Crippen LogP contribution < -0.4 is 5.32 Å². The van der Waals surface area contributed by atoms with Crippen LogP contribution in [0.2, 0.25) is 0 Å². The summed E-state index contributed by atoms with van der Waals surface area (Å²) in [4.78, 5) is 26.6. The molecule has 0 aromatic heterocycles. The standard InChI is InChI=1S/C17H19BrN2O2/c1-20-14(21)17(19-15(20)22)13-9-12(18)6-5-11(13)10-16(17)7-3-2-4-8-16/h5-6,9H,2-4,7-8,10H2,1H3,(H,19,22). The van der Waals surface area contributed by atoms with Crippen LogP contribution in [-0.2, 0) is 16.8 Å². The maximum Gasteiger partial charge on any atom is 0.325 e. The first kappa shape index (κ1) is 14.2. The van der Waals surface area contributed by atoms with Gasteiger partial charge in [-0.25, -0.2) is 4.79 Å². The van der Waals surface area contributed by atoms with E-state index in [0.717, 1.165) is 42.1 Å². The summed E-state index contributed by atoms with van der Waals surface area (Å²) in [6.07, 6.45) is 6.36. The lowest BCUT2D eigenvalue weighted by molar-refractivity contribution is -0.136. The van der Waals surface area contributed by atoms with Crippen LogP contribution in [0.3, 0.4) is 0 Å². The molecule has 116 valence electrons. The van der Waals surface area contributed by atoms with Gasteiger partial charge in [-0.05, 0) is 42.5 Å². The average Bonchev–Trinajstić information content (AvgIpc) is 2.90. The normalized spacial score (nSPS) is 29.3. The highest BCUT2D eigenvalue weighted by atomic mass is 79.9. The largest absolute Gasteiger partial charge is 0.325 e. The Bertz CT molecular complexity index is 681. The molecule has 1 N–H and O–H groups in total. The van der Waals surface area contributed by atoms with Gasteiger partial charge >= 0.3 is 6.03 Å². The molecule has 0 radical (unpaired) electrons. The van der Waals surface area contributed by atoms with Gasteiger partial charge in [0.2, 0.25) is 0 Å². The number of carbonyl (C=O) groups is 2. The Morgan fingerprint density at radius 2 is 1.91 bits per heavy atom. The Labute approximate surface area is 138 Å². The number of fused-ring (bicyclic) bond motifs is 3. The number of carbonyl (C=O) groups excluding carboxylic acids is 2. The minimum Gasteiger partial charge on any atom is -0.319 e. The first-order valence-electron chi connectivity index (χ1n) is 7.89. The molecule has 1 atom stereocenters. The molecule has 1 unspecified atom stereocenters. The second-order valence-corrected chi connectivity index (χ2v) is 7.78. The van der Waals surface area contributed by atoms with Gasteiger partial charge in [-0.2, -0.15) is 0 Å². The van der Waals surface area contributed by atoms with Crippen molar-refractivity contribution in [3.63, 3.8) is 0 Å². The highest BCUT2D eigenvalue weighted by Gasteiger charge is 2.67. The van der Waals surface area contributed by atoms with Crippen LogP contribution in [0.15, 0.2) is 22.7 Å². The number of benzene rings is 1. The fraction of sp³-hybridized carbons (Fsp3) is 0.529. The molecule has 1 saturated carbocycles. The Kier molecular flexibility index (Phi) is 2.96. The molecule has 5 heteroatoms. The summed E-state index contributed by atoms with van der Waals surface area (Å²) in [7, 11) is 1.58. The van der Waals surface area contributed by atoms with Gasteiger partial charge in [-0.3, -0.25) is 9.69 Å². The third-order valence-corrected chi connectivity index (χ3v) is 6.33. The lowest BCUT2D eigenvalue weighted by Gasteiger charge is -2.44. The number of hydrogen-bond acceptors (Lipinski definition) is 2. The van der Waals surface area contributed by atoms with Crippen molar-refractivity contribution in [3.8, 4) is 0 Å². The highest BCUT2D eigenvalue weighted by molar-refractivity contribution is 9.10. The van der Waals surface area contributed by atoms with E-state index >= 15 is 0 Å². The molecular weight excluding hydrogens is 344 g/mol. The summed E-state index contributed by atoms with van der Waals surface area (Å²) < 4.78 is 0.954. The zero-order chi connectivity index (χ0) is 15.5. The Balaban J connectivity index is 1.96. The molecule has 1 heterocycles. The number of nitrogens with zero attached hydrogens (tertiary/aromatic N) is 1. The summed E-state index contributed by atoms with van der Waals surface area (Å²) in [5.41, 5.74) is 1.17. The van der Waals surface area contributed by atoms with Crippen molar-refractivity contribution in [3.05, 3.63) is 33.8 Å². The van der Waals surface area contributed by atoms with Gasteiger partial charge in [0.1, 0.15) is 0 Å². The topological polar surface area (TPSA) is 49.4 Å². The van der Waals surface area contributed by atoms with E-state index in [1.807, 2.05) is 12.1 Å². The number of halogens is 1. The van der Waals surface area contributed by atoms with E-state index in [1.165, 1.54) is 16.9 Å². The zero-order valence-electron chi connectivity index (χ0n) is 12.6. The van der Waals surface area contributed by atoms with Gasteiger partial charge in [0.05, 0.1) is 0 Å². The average molecular weight is 363 g/mol. The first-order valence-corrected chi connectivity index (χ1v) is 8.69. The van der Waals surface area contributed by atoms with E-state index in [4.69, 9.17) is 0 Å². The van der Waals surface area contributed by atoms with E-state index in [-0.39, 0.29) is 17.4 Å². The fourth-order valence-electron chi connectivity index (χ4n) is 4.80. The van der Waals surface area contributed by atoms with Crippen molar-refractivity contribution in [2.45, 2.75) is 44.1 Å². The number of rotatable bonds is 0. The second-order valence-electron chi connectivity index (χ2n) is 6.86. The molecular formula is C17H19BrN2O2. The molecule has 2 aliphatic carbocycles. The van der Waals surface area contributed by atoms with E-state index in [1.54, 1.807) is 7.05 Å². The molecule has 2 fully saturated rings. The second kappa shape index (κ2) is 4.57. The molecule has 3 amide bonds. The minimum atomic E-state index is -0.863. The van der Waals surface area contributed by atoms with Crippen LogP contribution in [0.1, 0.15) is 43.2 Å². The summed E-state index contributed by atoms with van der Waals surface area (Å²) in [6.45, 7) is 0. The molecule has 22 heavy (non-hydrogen) atoms. The van der Waals surface area contributed by atoms with Crippen molar-refractivity contribution in [2.24, 2.45) is 5.41 Å². The van der Waals surface area contributed by atoms with E-state index in [0.29, 0.717) is 0 Å². The van der Waals surface area contributed by atoms with Crippen molar-refractivity contribution in [1.29, 1.82) is 0 Å². The first-order chi connectivity index (χ1) is 10.5. The van der Waals surface area contributed by atoms with Gasteiger partial charge in [-0.15, -0.1) is 0 Å². The predicted octanol–water partition coefficient (Wildman–Crippen LogP) is 3.33. The van der Waals surface area contributed by atoms with Gasteiger partial charge in [0.25, 0.3) is 5.91 Å². The van der Waals surface area contributed by atoms with Crippen molar-refractivity contribution < 1.29 is 9.59 Å². The van der Waals surface area contributed by atoms with Crippen molar-refractivity contribution in [2.75, 3.05) is 7.05 Å².